The number of carboxylic acids is 2. The Balaban J connectivity index is 2.98. The number of amides is 4. The maximum absolute atomic E-state index is 13.2. The van der Waals surface area contributed by atoms with Crippen LogP contribution in [0.1, 0.15) is 52.4 Å². The Labute approximate surface area is 191 Å². The third-order valence-electron chi connectivity index (χ3n) is 5.18. The molecule has 0 spiro atoms. The van der Waals surface area contributed by atoms with Crippen LogP contribution in [-0.2, 0) is 28.8 Å². The number of hydrogen-bond donors (Lipinski definition) is 6. The number of nitrogens with two attached hydrogens (primary N) is 2. The van der Waals surface area contributed by atoms with E-state index in [1.54, 1.807) is 0 Å². The van der Waals surface area contributed by atoms with Gasteiger partial charge in [0.1, 0.15) is 18.1 Å². The van der Waals surface area contributed by atoms with Crippen LogP contribution in [0.15, 0.2) is 0 Å². The Kier molecular flexibility index (Phi) is 10.7. The largest absolute Gasteiger partial charge is 0.481 e. The molecule has 1 aliphatic heterocycles. The van der Waals surface area contributed by atoms with Crippen molar-refractivity contribution in [1.29, 1.82) is 0 Å². The first-order valence-corrected chi connectivity index (χ1v) is 10.7. The minimum absolute atomic E-state index is 0.119. The van der Waals surface area contributed by atoms with E-state index in [-0.39, 0.29) is 25.3 Å². The topological polar surface area (TPSA) is 222 Å². The van der Waals surface area contributed by atoms with E-state index in [0.29, 0.717) is 12.8 Å². The van der Waals surface area contributed by atoms with Crippen LogP contribution < -0.4 is 22.1 Å². The van der Waals surface area contributed by atoms with Crippen molar-refractivity contribution in [3.05, 3.63) is 0 Å². The van der Waals surface area contributed by atoms with E-state index in [0.717, 1.165) is 0 Å². The molecule has 13 heteroatoms. The number of nitrogens with one attached hydrogen (secondary N) is 2. The molecule has 33 heavy (non-hydrogen) atoms. The van der Waals surface area contributed by atoms with Crippen molar-refractivity contribution in [3.63, 3.8) is 0 Å². The molecule has 0 saturated carbocycles. The van der Waals surface area contributed by atoms with Crippen molar-refractivity contribution in [3.8, 4) is 0 Å². The Morgan fingerprint density at radius 3 is 2.21 bits per heavy atom. The number of hydrogen-bond acceptors (Lipinski definition) is 7. The van der Waals surface area contributed by atoms with Crippen LogP contribution in [0.4, 0.5) is 0 Å². The molecule has 4 atom stereocenters. The van der Waals surface area contributed by atoms with Crippen molar-refractivity contribution in [2.75, 3.05) is 6.54 Å². The first-order valence-electron chi connectivity index (χ1n) is 10.7. The van der Waals surface area contributed by atoms with Crippen LogP contribution in [-0.4, -0.2) is 81.4 Å². The summed E-state index contributed by atoms with van der Waals surface area (Å²) in [5.74, 6) is -5.48. The molecule has 1 aliphatic rings. The summed E-state index contributed by atoms with van der Waals surface area (Å²) >= 11 is 0. The molecule has 0 aromatic rings. The zero-order chi connectivity index (χ0) is 25.3. The molecule has 1 saturated heterocycles. The fourth-order valence-corrected chi connectivity index (χ4v) is 3.59. The molecule has 186 valence electrons. The maximum Gasteiger partial charge on any atom is 0.326 e. The lowest BCUT2D eigenvalue weighted by Crippen LogP contribution is -2.57. The van der Waals surface area contributed by atoms with Gasteiger partial charge in [-0.3, -0.25) is 24.0 Å². The van der Waals surface area contributed by atoms with E-state index in [2.05, 4.69) is 10.6 Å². The van der Waals surface area contributed by atoms with Gasteiger partial charge in [-0.1, -0.05) is 13.8 Å². The third kappa shape index (κ3) is 9.04. The van der Waals surface area contributed by atoms with E-state index in [1.165, 1.54) is 4.90 Å². The van der Waals surface area contributed by atoms with Gasteiger partial charge in [-0.2, -0.15) is 0 Å². The number of nitrogens with zero attached hydrogens (tertiary/aromatic N) is 1. The lowest BCUT2D eigenvalue weighted by Gasteiger charge is -2.30. The number of carboxylic acid groups (broad SMARTS) is 2. The van der Waals surface area contributed by atoms with Gasteiger partial charge in [-0.05, 0) is 31.6 Å². The zero-order valence-electron chi connectivity index (χ0n) is 18.8. The van der Waals surface area contributed by atoms with E-state index in [9.17, 15) is 33.9 Å². The Hall–Kier alpha value is -3.22. The van der Waals surface area contributed by atoms with Gasteiger partial charge >= 0.3 is 11.9 Å². The summed E-state index contributed by atoms with van der Waals surface area (Å²) in [6, 6.07) is -4.71. The van der Waals surface area contributed by atoms with Gasteiger partial charge in [0.05, 0.1) is 12.5 Å². The van der Waals surface area contributed by atoms with Crippen LogP contribution in [0, 0.1) is 5.92 Å². The average molecular weight is 472 g/mol. The van der Waals surface area contributed by atoms with Gasteiger partial charge in [0.15, 0.2) is 0 Å². The van der Waals surface area contributed by atoms with Gasteiger partial charge in [0.25, 0.3) is 0 Å². The van der Waals surface area contributed by atoms with E-state index in [4.69, 9.17) is 16.6 Å². The second kappa shape index (κ2) is 12.7. The highest BCUT2D eigenvalue weighted by atomic mass is 16.4. The predicted molar refractivity (Wildman–Crippen MR) is 114 cm³/mol. The highest BCUT2D eigenvalue weighted by Crippen LogP contribution is 2.20. The first-order chi connectivity index (χ1) is 15.3. The zero-order valence-corrected chi connectivity index (χ0v) is 18.8. The normalized spacial score (nSPS) is 18.3. The molecule has 0 bridgehead atoms. The van der Waals surface area contributed by atoms with Crippen molar-refractivity contribution in [2.45, 2.75) is 76.5 Å². The standard InChI is InChI=1S/C20H33N5O8/c1-10(2)8-11(21)17(29)23-12(5-6-16(27)28)19(31)25-7-3-4-14(25)18(30)24-13(20(32)33)9-15(22)26/h10-14H,3-9,21H2,1-2H3,(H2,22,26)(H,23,29)(H,24,30)(H,27,28)(H,32,33). The fourth-order valence-electron chi connectivity index (χ4n) is 3.59. The second-order valence-electron chi connectivity index (χ2n) is 8.49. The van der Waals surface area contributed by atoms with Crippen LogP contribution in [0.25, 0.3) is 0 Å². The average Bonchev–Trinajstić information content (AvgIpc) is 3.18. The molecular formula is C20H33N5O8. The van der Waals surface area contributed by atoms with E-state index >= 15 is 0 Å². The number of likely N-dealkylation sites (tertiary alicyclic amines) is 1. The van der Waals surface area contributed by atoms with Crippen molar-refractivity contribution in [1.82, 2.24) is 15.5 Å². The van der Waals surface area contributed by atoms with Crippen molar-refractivity contribution in [2.24, 2.45) is 17.4 Å². The fraction of sp³-hybridized carbons (Fsp3) is 0.700. The number of carbonyl (C=O) groups is 6. The first kappa shape index (κ1) is 27.8. The monoisotopic (exact) mass is 471 g/mol. The molecule has 0 aromatic heterocycles. The minimum Gasteiger partial charge on any atom is -0.481 e. The summed E-state index contributed by atoms with van der Waals surface area (Å²) in [6.45, 7) is 3.90. The lowest BCUT2D eigenvalue weighted by molar-refractivity contribution is -0.146. The predicted octanol–water partition coefficient (Wildman–Crippen LogP) is -1.85. The summed E-state index contributed by atoms with van der Waals surface area (Å²) in [5.41, 5.74) is 10.9. The van der Waals surface area contributed by atoms with Crippen molar-refractivity contribution >= 4 is 35.6 Å². The van der Waals surface area contributed by atoms with E-state index in [1.807, 2.05) is 13.8 Å². The molecule has 0 aromatic carbocycles. The summed E-state index contributed by atoms with van der Waals surface area (Å²) in [7, 11) is 0. The Morgan fingerprint density at radius 2 is 1.70 bits per heavy atom. The Morgan fingerprint density at radius 1 is 1.06 bits per heavy atom. The number of aliphatic carboxylic acids is 2. The van der Waals surface area contributed by atoms with Crippen molar-refractivity contribution < 1.29 is 39.0 Å². The summed E-state index contributed by atoms with van der Waals surface area (Å²) in [4.78, 5) is 72.9. The molecule has 8 N–H and O–H groups in total. The summed E-state index contributed by atoms with van der Waals surface area (Å²) in [6.07, 6.45) is -0.209. The highest BCUT2D eigenvalue weighted by Gasteiger charge is 2.39. The molecule has 1 fully saturated rings. The van der Waals surface area contributed by atoms with Crippen LogP contribution >= 0.6 is 0 Å². The highest BCUT2D eigenvalue weighted by molar-refractivity contribution is 5.95. The quantitative estimate of drug-likeness (QED) is 0.177. The number of primary amides is 1. The van der Waals surface area contributed by atoms with E-state index < -0.39 is 72.6 Å². The number of rotatable bonds is 13. The van der Waals surface area contributed by atoms with Crippen LogP contribution in [0.3, 0.4) is 0 Å². The third-order valence-corrected chi connectivity index (χ3v) is 5.18. The number of carbonyl (C=O) groups excluding carboxylic acids is 4. The second-order valence-corrected chi connectivity index (χ2v) is 8.49. The molecule has 4 amide bonds. The smallest absolute Gasteiger partial charge is 0.326 e. The van der Waals surface area contributed by atoms with Crippen LogP contribution in [0.2, 0.25) is 0 Å². The molecule has 0 radical (unpaired) electrons. The van der Waals surface area contributed by atoms with Crippen LogP contribution in [0.5, 0.6) is 0 Å². The maximum atomic E-state index is 13.2. The minimum atomic E-state index is -1.55. The molecule has 0 aliphatic carbocycles. The lowest BCUT2D eigenvalue weighted by atomic mass is 10.0. The SMILES string of the molecule is CC(C)CC(N)C(=O)NC(CCC(=O)O)C(=O)N1CCCC1C(=O)NC(CC(N)=O)C(=O)O. The molecular weight excluding hydrogens is 438 g/mol. The molecule has 13 nitrogen and oxygen atoms in total. The van der Waals surface area contributed by atoms with Gasteiger partial charge < -0.3 is 37.2 Å². The molecule has 1 rings (SSSR count). The van der Waals surface area contributed by atoms with Gasteiger partial charge in [-0.25, -0.2) is 4.79 Å². The van der Waals surface area contributed by atoms with Gasteiger partial charge in [0.2, 0.25) is 23.6 Å². The summed E-state index contributed by atoms with van der Waals surface area (Å²) < 4.78 is 0. The van der Waals surface area contributed by atoms with Gasteiger partial charge in [0, 0.05) is 13.0 Å². The molecule has 1 heterocycles. The summed E-state index contributed by atoms with van der Waals surface area (Å²) in [5, 5.41) is 22.9. The molecule has 4 unspecified atom stereocenters. The Bertz CT molecular complexity index is 772. The van der Waals surface area contributed by atoms with Gasteiger partial charge in [-0.15, -0.1) is 0 Å².